The number of hydrogen-bond acceptors (Lipinski definition) is 3. The van der Waals surface area contributed by atoms with Crippen LogP contribution < -0.4 is 11.1 Å². The Morgan fingerprint density at radius 3 is 2.94 bits per heavy atom. The van der Waals surface area contributed by atoms with E-state index in [4.69, 9.17) is 10.2 Å². The van der Waals surface area contributed by atoms with Crippen LogP contribution in [0, 0.1) is 5.41 Å². The van der Waals surface area contributed by atoms with Crippen molar-refractivity contribution in [2.24, 2.45) is 11.1 Å². The Hall–Kier alpha value is -1.29. The van der Waals surface area contributed by atoms with Crippen molar-refractivity contribution in [1.82, 2.24) is 5.32 Å². The van der Waals surface area contributed by atoms with Crippen LogP contribution in [0.4, 0.5) is 0 Å². The van der Waals surface area contributed by atoms with Gasteiger partial charge in [0.05, 0.1) is 11.8 Å². The summed E-state index contributed by atoms with van der Waals surface area (Å²) in [5.74, 6) is 0.695. The van der Waals surface area contributed by atoms with Gasteiger partial charge in [0, 0.05) is 18.4 Å². The molecule has 1 aromatic rings. The van der Waals surface area contributed by atoms with Crippen molar-refractivity contribution in [2.45, 2.75) is 26.2 Å². The maximum atomic E-state index is 11.9. The summed E-state index contributed by atoms with van der Waals surface area (Å²) in [6.07, 6.45) is 4.53. The minimum atomic E-state index is -0.0506. The third kappa shape index (κ3) is 2.11. The summed E-state index contributed by atoms with van der Waals surface area (Å²) in [5, 5.41) is 2.93. The van der Waals surface area contributed by atoms with E-state index in [9.17, 15) is 4.79 Å². The van der Waals surface area contributed by atoms with Crippen molar-refractivity contribution >= 4 is 5.91 Å². The number of hydrogen-bond donors (Lipinski definition) is 2. The molecule has 1 heterocycles. The Kier molecular flexibility index (Phi) is 3.01. The van der Waals surface area contributed by atoms with E-state index in [1.807, 2.05) is 6.92 Å². The van der Waals surface area contributed by atoms with Gasteiger partial charge in [-0.1, -0.05) is 6.92 Å². The average Bonchev–Trinajstić information content (AvgIpc) is 2.94. The zero-order valence-corrected chi connectivity index (χ0v) is 9.58. The van der Waals surface area contributed by atoms with Crippen LogP contribution in [0.3, 0.4) is 0 Å². The van der Waals surface area contributed by atoms with E-state index in [1.54, 1.807) is 12.3 Å². The second-order valence-electron chi connectivity index (χ2n) is 4.50. The summed E-state index contributed by atoms with van der Waals surface area (Å²) < 4.78 is 5.22. The number of nitrogens with two attached hydrogens (primary N) is 1. The molecule has 16 heavy (non-hydrogen) atoms. The lowest BCUT2D eigenvalue weighted by Gasteiger charge is -2.12. The monoisotopic (exact) mass is 222 g/mol. The Balaban J connectivity index is 1.93. The second-order valence-corrected chi connectivity index (χ2v) is 4.50. The maximum Gasteiger partial charge on any atom is 0.254 e. The molecule has 0 bridgehead atoms. The number of amides is 1. The number of rotatable bonds is 5. The highest BCUT2D eigenvalue weighted by Gasteiger charge is 2.41. The molecule has 2 rings (SSSR count). The zero-order valence-electron chi connectivity index (χ0n) is 9.58. The van der Waals surface area contributed by atoms with Crippen LogP contribution in [0.5, 0.6) is 0 Å². The number of aryl methyl sites for hydroxylation is 1. The van der Waals surface area contributed by atoms with E-state index >= 15 is 0 Å². The zero-order chi connectivity index (χ0) is 11.6. The molecule has 0 saturated heterocycles. The summed E-state index contributed by atoms with van der Waals surface area (Å²) in [7, 11) is 0. The van der Waals surface area contributed by atoms with Gasteiger partial charge in [-0.2, -0.15) is 0 Å². The van der Waals surface area contributed by atoms with Crippen LogP contribution in [0.2, 0.25) is 0 Å². The molecule has 0 aliphatic heterocycles. The largest absolute Gasteiger partial charge is 0.469 e. The third-order valence-electron chi connectivity index (χ3n) is 3.33. The summed E-state index contributed by atoms with van der Waals surface area (Å²) in [4.78, 5) is 11.9. The molecule has 1 fully saturated rings. The van der Waals surface area contributed by atoms with Crippen molar-refractivity contribution in [1.29, 1.82) is 0 Å². The molecule has 0 spiro atoms. The van der Waals surface area contributed by atoms with E-state index < -0.39 is 0 Å². The molecule has 88 valence electrons. The lowest BCUT2D eigenvalue weighted by Crippen LogP contribution is -2.34. The highest BCUT2D eigenvalue weighted by Crippen LogP contribution is 2.43. The molecule has 0 radical (unpaired) electrons. The molecule has 1 aliphatic carbocycles. The fourth-order valence-electron chi connectivity index (χ4n) is 1.81. The van der Waals surface area contributed by atoms with Crippen molar-refractivity contribution < 1.29 is 9.21 Å². The minimum absolute atomic E-state index is 0.0506. The second kappa shape index (κ2) is 4.29. The van der Waals surface area contributed by atoms with Crippen LogP contribution in [0.1, 0.15) is 35.9 Å². The van der Waals surface area contributed by atoms with Crippen molar-refractivity contribution in [3.8, 4) is 0 Å². The molecule has 1 amide bonds. The van der Waals surface area contributed by atoms with E-state index in [-0.39, 0.29) is 11.3 Å². The number of carbonyl (C=O) groups excluding carboxylic acids is 1. The van der Waals surface area contributed by atoms with Gasteiger partial charge >= 0.3 is 0 Å². The summed E-state index contributed by atoms with van der Waals surface area (Å²) in [5.41, 5.74) is 6.48. The lowest BCUT2D eigenvalue weighted by molar-refractivity contribution is 0.0943. The predicted octanol–water partition coefficient (Wildman–Crippen LogP) is 1.31. The molecule has 1 aliphatic rings. The average molecular weight is 222 g/mol. The molecule has 1 aromatic heterocycles. The normalized spacial score (nSPS) is 17.1. The Morgan fingerprint density at radius 1 is 1.62 bits per heavy atom. The molecule has 3 N–H and O–H groups in total. The molecule has 0 atom stereocenters. The summed E-state index contributed by atoms with van der Waals surface area (Å²) in [6.45, 7) is 3.30. The first-order valence-corrected chi connectivity index (χ1v) is 5.75. The van der Waals surface area contributed by atoms with Gasteiger partial charge in [0.1, 0.15) is 5.76 Å². The molecule has 1 saturated carbocycles. The molecule has 0 unspecified atom stereocenters. The standard InChI is InChI=1S/C12H18N2O2/c1-2-10-9(3-6-16-10)11(15)14-8-12(7-13)4-5-12/h3,6H,2,4-5,7-8,13H2,1H3,(H,14,15). The molecule has 4 heteroatoms. The SMILES string of the molecule is CCc1occc1C(=O)NCC1(CN)CC1. The van der Waals surface area contributed by atoms with Crippen LogP contribution >= 0.6 is 0 Å². The fraction of sp³-hybridized carbons (Fsp3) is 0.583. The first-order chi connectivity index (χ1) is 7.71. The van der Waals surface area contributed by atoms with Crippen molar-refractivity contribution in [2.75, 3.05) is 13.1 Å². The van der Waals surface area contributed by atoms with E-state index in [0.717, 1.165) is 25.0 Å². The van der Waals surface area contributed by atoms with Crippen LogP contribution in [-0.2, 0) is 6.42 Å². The van der Waals surface area contributed by atoms with Gasteiger partial charge in [-0.25, -0.2) is 0 Å². The van der Waals surface area contributed by atoms with Gasteiger partial charge in [0.25, 0.3) is 5.91 Å². The molecule has 0 aromatic carbocycles. The van der Waals surface area contributed by atoms with Crippen molar-refractivity contribution in [3.63, 3.8) is 0 Å². The summed E-state index contributed by atoms with van der Waals surface area (Å²) >= 11 is 0. The van der Waals surface area contributed by atoms with Gasteiger partial charge < -0.3 is 15.5 Å². The van der Waals surface area contributed by atoms with E-state index in [1.165, 1.54) is 0 Å². The number of nitrogens with one attached hydrogen (secondary N) is 1. The van der Waals surface area contributed by atoms with Crippen molar-refractivity contribution in [3.05, 3.63) is 23.7 Å². The van der Waals surface area contributed by atoms with E-state index in [0.29, 0.717) is 18.7 Å². The molecule has 4 nitrogen and oxygen atoms in total. The highest BCUT2D eigenvalue weighted by atomic mass is 16.3. The van der Waals surface area contributed by atoms with Crippen LogP contribution in [-0.4, -0.2) is 19.0 Å². The van der Waals surface area contributed by atoms with Gasteiger partial charge in [0.2, 0.25) is 0 Å². The smallest absolute Gasteiger partial charge is 0.254 e. The molecular formula is C12H18N2O2. The fourth-order valence-corrected chi connectivity index (χ4v) is 1.81. The van der Waals surface area contributed by atoms with Crippen LogP contribution in [0.15, 0.2) is 16.7 Å². The first kappa shape index (κ1) is 11.2. The quantitative estimate of drug-likeness (QED) is 0.789. The topological polar surface area (TPSA) is 68.3 Å². The van der Waals surface area contributed by atoms with Gasteiger partial charge in [-0.15, -0.1) is 0 Å². The predicted molar refractivity (Wildman–Crippen MR) is 61.1 cm³/mol. The van der Waals surface area contributed by atoms with Gasteiger partial charge in [-0.3, -0.25) is 4.79 Å². The van der Waals surface area contributed by atoms with Gasteiger partial charge in [-0.05, 0) is 25.5 Å². The lowest BCUT2D eigenvalue weighted by atomic mass is 10.1. The van der Waals surface area contributed by atoms with Crippen LogP contribution in [0.25, 0.3) is 0 Å². The third-order valence-corrected chi connectivity index (χ3v) is 3.33. The minimum Gasteiger partial charge on any atom is -0.469 e. The summed E-state index contributed by atoms with van der Waals surface area (Å²) in [6, 6.07) is 1.72. The maximum absolute atomic E-state index is 11.9. The van der Waals surface area contributed by atoms with E-state index in [2.05, 4.69) is 5.32 Å². The number of carbonyl (C=O) groups is 1. The first-order valence-electron chi connectivity index (χ1n) is 5.75. The van der Waals surface area contributed by atoms with Gasteiger partial charge in [0.15, 0.2) is 0 Å². The Labute approximate surface area is 95.2 Å². The Bertz CT molecular complexity index is 380. The number of furan rings is 1. The Morgan fingerprint density at radius 2 is 2.38 bits per heavy atom. The highest BCUT2D eigenvalue weighted by molar-refractivity contribution is 5.95. The molecular weight excluding hydrogens is 204 g/mol.